The number of ether oxygens (including phenoxy) is 2. The van der Waals surface area contributed by atoms with Gasteiger partial charge in [-0.05, 0) is 38.1 Å². The first-order chi connectivity index (χ1) is 10.6. The van der Waals surface area contributed by atoms with Crippen molar-refractivity contribution in [1.29, 1.82) is 5.26 Å². The zero-order chi connectivity index (χ0) is 16.4. The lowest BCUT2D eigenvalue weighted by atomic mass is 10.3. The van der Waals surface area contributed by atoms with Gasteiger partial charge in [0.2, 0.25) is 5.71 Å². The first kappa shape index (κ1) is 17.0. The summed E-state index contributed by atoms with van der Waals surface area (Å²) < 4.78 is 9.82. The second kappa shape index (κ2) is 8.97. The molecular weight excluding hydrogens is 288 g/mol. The molecule has 0 aliphatic carbocycles. The molecule has 0 fully saturated rings. The summed E-state index contributed by atoms with van der Waals surface area (Å²) in [7, 11) is 0. The van der Waals surface area contributed by atoms with Gasteiger partial charge in [0.1, 0.15) is 11.8 Å². The number of imide groups is 1. The summed E-state index contributed by atoms with van der Waals surface area (Å²) in [6.45, 7) is 4.13. The van der Waals surface area contributed by atoms with Crippen molar-refractivity contribution in [2.75, 3.05) is 18.6 Å². The molecule has 8 heteroatoms. The van der Waals surface area contributed by atoms with Crippen molar-refractivity contribution >= 4 is 23.4 Å². The van der Waals surface area contributed by atoms with E-state index in [1.165, 1.54) is 0 Å². The number of nitriles is 1. The van der Waals surface area contributed by atoms with Crippen LogP contribution in [-0.2, 0) is 9.53 Å². The summed E-state index contributed by atoms with van der Waals surface area (Å²) in [5.74, 6) is -0.253. The highest BCUT2D eigenvalue weighted by Crippen LogP contribution is 2.15. The molecule has 1 aromatic carbocycles. The number of carbonyl (C=O) groups excluding carboxylic acids is 2. The zero-order valence-electron chi connectivity index (χ0n) is 12.3. The van der Waals surface area contributed by atoms with Crippen LogP contribution in [0.4, 0.5) is 10.5 Å². The largest absolute Gasteiger partial charge is 0.494 e. The van der Waals surface area contributed by atoms with Crippen LogP contribution in [0, 0.1) is 11.3 Å². The minimum absolute atomic E-state index is 0.114. The zero-order valence-corrected chi connectivity index (χ0v) is 12.3. The van der Waals surface area contributed by atoms with Crippen molar-refractivity contribution in [2.45, 2.75) is 13.8 Å². The van der Waals surface area contributed by atoms with E-state index in [4.69, 9.17) is 10.00 Å². The second-order valence-electron chi connectivity index (χ2n) is 3.82. The summed E-state index contributed by atoms with van der Waals surface area (Å²) in [5, 5.41) is 14.4. The van der Waals surface area contributed by atoms with Gasteiger partial charge < -0.3 is 9.47 Å². The van der Waals surface area contributed by atoms with Crippen LogP contribution in [0.25, 0.3) is 0 Å². The van der Waals surface area contributed by atoms with Crippen LogP contribution in [0.1, 0.15) is 13.8 Å². The molecule has 0 saturated carbocycles. The molecule has 0 aromatic heterocycles. The molecule has 0 saturated heterocycles. The number of anilines is 1. The van der Waals surface area contributed by atoms with Gasteiger partial charge in [-0.3, -0.25) is 15.5 Å². The van der Waals surface area contributed by atoms with Gasteiger partial charge in [-0.1, -0.05) is 0 Å². The lowest BCUT2D eigenvalue weighted by molar-refractivity contribution is -0.114. The maximum atomic E-state index is 11.6. The fraction of sp³-hybridized carbons (Fsp3) is 0.286. The molecule has 2 amide bonds. The molecule has 22 heavy (non-hydrogen) atoms. The molecule has 0 aliphatic heterocycles. The monoisotopic (exact) mass is 304 g/mol. The molecule has 0 atom stereocenters. The molecule has 1 rings (SSSR count). The van der Waals surface area contributed by atoms with Crippen molar-refractivity contribution in [2.24, 2.45) is 5.10 Å². The Balaban J connectivity index is 2.66. The van der Waals surface area contributed by atoms with Gasteiger partial charge in [-0.2, -0.15) is 10.4 Å². The Hall–Kier alpha value is -3.08. The van der Waals surface area contributed by atoms with Crippen LogP contribution in [0.3, 0.4) is 0 Å². The van der Waals surface area contributed by atoms with Gasteiger partial charge in [0.25, 0.3) is 5.91 Å². The van der Waals surface area contributed by atoms with Crippen molar-refractivity contribution in [3.63, 3.8) is 0 Å². The van der Waals surface area contributed by atoms with Crippen LogP contribution in [0.2, 0.25) is 0 Å². The van der Waals surface area contributed by atoms with E-state index in [2.05, 4.69) is 15.3 Å². The third-order valence-electron chi connectivity index (χ3n) is 2.27. The van der Waals surface area contributed by atoms with Crippen LogP contribution < -0.4 is 15.5 Å². The molecular formula is C14H16N4O4. The van der Waals surface area contributed by atoms with Crippen LogP contribution in [0.15, 0.2) is 29.4 Å². The van der Waals surface area contributed by atoms with Gasteiger partial charge in [0, 0.05) is 0 Å². The topological polar surface area (TPSA) is 113 Å². The summed E-state index contributed by atoms with van der Waals surface area (Å²) in [5.41, 5.74) is 2.61. The van der Waals surface area contributed by atoms with E-state index in [1.54, 1.807) is 37.3 Å². The molecule has 116 valence electrons. The first-order valence-electron chi connectivity index (χ1n) is 6.55. The lowest BCUT2D eigenvalue weighted by Crippen LogP contribution is -2.36. The second-order valence-corrected chi connectivity index (χ2v) is 3.82. The first-order valence-corrected chi connectivity index (χ1v) is 6.55. The maximum Gasteiger partial charge on any atom is 0.414 e. The lowest BCUT2D eigenvalue weighted by Gasteiger charge is -2.05. The molecule has 0 radical (unpaired) electrons. The predicted molar refractivity (Wildman–Crippen MR) is 79.4 cm³/mol. The normalized spacial score (nSPS) is 10.3. The van der Waals surface area contributed by atoms with Crippen LogP contribution in [-0.4, -0.2) is 30.9 Å². The Morgan fingerprint density at radius 3 is 2.45 bits per heavy atom. The van der Waals surface area contributed by atoms with E-state index in [-0.39, 0.29) is 6.61 Å². The number of benzene rings is 1. The number of hydrogen-bond donors (Lipinski definition) is 2. The number of nitrogens with zero attached hydrogens (tertiary/aromatic N) is 2. The van der Waals surface area contributed by atoms with Gasteiger partial charge in [0.05, 0.1) is 18.9 Å². The minimum atomic E-state index is -0.945. The summed E-state index contributed by atoms with van der Waals surface area (Å²) in [4.78, 5) is 22.7. The van der Waals surface area contributed by atoms with Gasteiger partial charge >= 0.3 is 6.09 Å². The number of alkyl carbamates (subject to hydrolysis) is 1. The number of hydrogen-bond acceptors (Lipinski definition) is 7. The molecule has 2 N–H and O–H groups in total. The minimum Gasteiger partial charge on any atom is -0.494 e. The fourth-order valence-corrected chi connectivity index (χ4v) is 1.36. The molecule has 0 bridgehead atoms. The highest BCUT2D eigenvalue weighted by molar-refractivity contribution is 6.46. The molecule has 0 heterocycles. The van der Waals surface area contributed by atoms with Gasteiger partial charge in [-0.15, -0.1) is 0 Å². The molecule has 0 spiro atoms. The van der Waals surface area contributed by atoms with Crippen molar-refractivity contribution < 1.29 is 19.1 Å². The Kier molecular flexibility index (Phi) is 6.92. The third-order valence-corrected chi connectivity index (χ3v) is 2.27. The number of nitrogens with one attached hydrogen (secondary N) is 2. The maximum absolute atomic E-state index is 11.6. The quantitative estimate of drug-likeness (QED) is 0.610. The van der Waals surface area contributed by atoms with Crippen LogP contribution in [0.5, 0.6) is 5.75 Å². The average Bonchev–Trinajstić information content (AvgIpc) is 2.50. The predicted octanol–water partition coefficient (Wildman–Crippen LogP) is 1.65. The SMILES string of the molecule is CCOC(=O)NC(=O)C(C#N)=NNc1ccc(OCC)cc1. The standard InChI is InChI=1S/C14H16N4O4/c1-3-21-11-7-5-10(6-8-11)17-18-12(9-15)13(19)16-14(20)22-4-2/h5-8,17H,3-4H2,1-2H3,(H,16,19,20). The summed E-state index contributed by atoms with van der Waals surface area (Å²) in [6.07, 6.45) is -0.934. The third kappa shape index (κ3) is 5.50. The number of hydrazone groups is 1. The van der Waals surface area contributed by atoms with E-state index < -0.39 is 17.7 Å². The van der Waals surface area contributed by atoms with Crippen LogP contribution >= 0.6 is 0 Å². The van der Waals surface area contributed by atoms with Crippen molar-refractivity contribution in [3.05, 3.63) is 24.3 Å². The summed E-state index contributed by atoms with van der Waals surface area (Å²) >= 11 is 0. The van der Waals surface area contributed by atoms with Crippen molar-refractivity contribution in [3.8, 4) is 11.8 Å². The Bertz CT molecular complexity index is 590. The molecule has 0 aliphatic rings. The number of amides is 2. The average molecular weight is 304 g/mol. The smallest absolute Gasteiger partial charge is 0.414 e. The Labute approximate surface area is 127 Å². The van der Waals surface area contributed by atoms with E-state index in [0.717, 1.165) is 0 Å². The highest BCUT2D eigenvalue weighted by atomic mass is 16.5. The van der Waals surface area contributed by atoms with Gasteiger partial charge in [0.15, 0.2) is 0 Å². The van der Waals surface area contributed by atoms with E-state index in [0.29, 0.717) is 18.0 Å². The number of rotatable bonds is 6. The molecule has 0 unspecified atom stereocenters. The summed E-state index contributed by atoms with van der Waals surface area (Å²) in [6, 6.07) is 8.37. The fourth-order valence-electron chi connectivity index (χ4n) is 1.36. The number of carbonyl (C=O) groups is 2. The Morgan fingerprint density at radius 1 is 1.23 bits per heavy atom. The Morgan fingerprint density at radius 2 is 1.91 bits per heavy atom. The van der Waals surface area contributed by atoms with E-state index in [1.807, 2.05) is 12.2 Å². The van der Waals surface area contributed by atoms with Gasteiger partial charge in [-0.25, -0.2) is 4.79 Å². The highest BCUT2D eigenvalue weighted by Gasteiger charge is 2.15. The van der Waals surface area contributed by atoms with Crippen molar-refractivity contribution in [1.82, 2.24) is 5.32 Å². The van der Waals surface area contributed by atoms with E-state index >= 15 is 0 Å². The van der Waals surface area contributed by atoms with E-state index in [9.17, 15) is 9.59 Å². The molecule has 1 aromatic rings. The molecule has 8 nitrogen and oxygen atoms in total.